The minimum Gasteiger partial charge on any atom is -0.507 e. The molecule has 0 fully saturated rings. The normalized spacial score (nSPS) is 15.1. The minimum absolute atomic E-state index is 0.00109. The van der Waals surface area contributed by atoms with Crippen LogP contribution in [0.1, 0.15) is 47.9 Å². The number of carbonyl (C=O) groups excluding carboxylic acids is 1. The van der Waals surface area contributed by atoms with Crippen LogP contribution < -0.4 is 9.47 Å². The van der Waals surface area contributed by atoms with Gasteiger partial charge >= 0.3 is 0 Å². The van der Waals surface area contributed by atoms with Crippen LogP contribution in [0.15, 0.2) is 36.4 Å². The first-order chi connectivity index (χ1) is 16.0. The highest BCUT2D eigenvalue weighted by Gasteiger charge is 2.42. The Kier molecular flexibility index (Phi) is 6.76. The standard InChI is InChI=1S/C24H26ClN3O5/c1-3-11-33-18-8-5-14(12-19(18)32-4-2)23-20-21(16-13-15(25)6-7-17(16)30)26-27-22(20)24(31)28(23)9-10-29/h5-8,12-13,23,29-30H,3-4,9-11H2,1-2H3,(H,26,27). The van der Waals surface area contributed by atoms with Gasteiger partial charge < -0.3 is 24.6 Å². The number of hydrogen-bond acceptors (Lipinski definition) is 6. The molecule has 3 N–H and O–H groups in total. The lowest BCUT2D eigenvalue weighted by molar-refractivity contribution is 0.0706. The number of nitrogens with one attached hydrogen (secondary N) is 1. The molecule has 1 aliphatic rings. The molecular formula is C24H26ClN3O5. The van der Waals surface area contributed by atoms with Gasteiger partial charge in [0, 0.05) is 22.7 Å². The van der Waals surface area contributed by atoms with Crippen LogP contribution in [0.3, 0.4) is 0 Å². The molecule has 8 nitrogen and oxygen atoms in total. The lowest BCUT2D eigenvalue weighted by Gasteiger charge is -2.26. The average molecular weight is 472 g/mol. The highest BCUT2D eigenvalue weighted by atomic mass is 35.5. The maximum absolute atomic E-state index is 13.2. The van der Waals surface area contributed by atoms with Gasteiger partial charge in [-0.15, -0.1) is 0 Å². The van der Waals surface area contributed by atoms with Crippen molar-refractivity contribution in [3.8, 4) is 28.5 Å². The fourth-order valence-electron chi connectivity index (χ4n) is 4.08. The molecule has 33 heavy (non-hydrogen) atoms. The number of phenols is 1. The summed E-state index contributed by atoms with van der Waals surface area (Å²) in [6.45, 7) is 4.86. The fourth-order valence-corrected chi connectivity index (χ4v) is 4.25. The van der Waals surface area contributed by atoms with Gasteiger partial charge in [0.05, 0.1) is 25.9 Å². The first-order valence-electron chi connectivity index (χ1n) is 10.9. The molecule has 2 aromatic carbocycles. The van der Waals surface area contributed by atoms with Gasteiger partial charge in [-0.05, 0) is 49.2 Å². The van der Waals surface area contributed by atoms with Crippen molar-refractivity contribution in [3.63, 3.8) is 0 Å². The van der Waals surface area contributed by atoms with Gasteiger partial charge in [0.2, 0.25) is 0 Å². The highest BCUT2D eigenvalue weighted by molar-refractivity contribution is 6.31. The molecule has 0 radical (unpaired) electrons. The number of rotatable bonds is 9. The highest BCUT2D eigenvalue weighted by Crippen LogP contribution is 2.46. The minimum atomic E-state index is -0.550. The number of aromatic amines is 1. The third kappa shape index (κ3) is 4.24. The first-order valence-corrected chi connectivity index (χ1v) is 11.3. The first kappa shape index (κ1) is 22.9. The molecule has 4 rings (SSSR count). The van der Waals surface area contributed by atoms with E-state index in [1.54, 1.807) is 17.0 Å². The smallest absolute Gasteiger partial charge is 0.273 e. The summed E-state index contributed by atoms with van der Waals surface area (Å²) >= 11 is 6.17. The molecule has 1 amide bonds. The van der Waals surface area contributed by atoms with E-state index in [1.165, 1.54) is 6.07 Å². The second-order valence-corrected chi connectivity index (χ2v) is 8.07. The largest absolute Gasteiger partial charge is 0.507 e. The second-order valence-electron chi connectivity index (χ2n) is 7.63. The maximum Gasteiger partial charge on any atom is 0.273 e. The lowest BCUT2D eigenvalue weighted by Crippen LogP contribution is -2.32. The van der Waals surface area contributed by atoms with Crippen molar-refractivity contribution in [1.82, 2.24) is 15.1 Å². The summed E-state index contributed by atoms with van der Waals surface area (Å²) in [6, 6.07) is 9.68. The van der Waals surface area contributed by atoms with E-state index in [0.29, 0.717) is 52.3 Å². The van der Waals surface area contributed by atoms with Crippen molar-refractivity contribution >= 4 is 17.5 Å². The van der Waals surface area contributed by atoms with Crippen LogP contribution in [0.25, 0.3) is 11.3 Å². The summed E-state index contributed by atoms with van der Waals surface area (Å²) in [4.78, 5) is 14.8. The van der Waals surface area contributed by atoms with E-state index < -0.39 is 6.04 Å². The molecule has 1 aromatic heterocycles. The van der Waals surface area contributed by atoms with E-state index in [2.05, 4.69) is 10.2 Å². The van der Waals surface area contributed by atoms with E-state index in [4.69, 9.17) is 21.1 Å². The lowest BCUT2D eigenvalue weighted by atomic mass is 9.95. The molecule has 174 valence electrons. The zero-order valence-corrected chi connectivity index (χ0v) is 19.2. The van der Waals surface area contributed by atoms with Gasteiger partial charge in [0.15, 0.2) is 11.5 Å². The van der Waals surface area contributed by atoms with Crippen LogP contribution in [0.2, 0.25) is 5.02 Å². The van der Waals surface area contributed by atoms with Crippen molar-refractivity contribution in [3.05, 3.63) is 58.2 Å². The molecule has 0 saturated heterocycles. The molecule has 0 aliphatic carbocycles. The van der Waals surface area contributed by atoms with Crippen molar-refractivity contribution < 1.29 is 24.5 Å². The Morgan fingerprint density at radius 1 is 1.15 bits per heavy atom. The van der Waals surface area contributed by atoms with Crippen LogP contribution in [0, 0.1) is 0 Å². The Morgan fingerprint density at radius 2 is 1.97 bits per heavy atom. The number of aromatic nitrogens is 2. The zero-order valence-electron chi connectivity index (χ0n) is 18.5. The maximum atomic E-state index is 13.2. The van der Waals surface area contributed by atoms with E-state index in [-0.39, 0.29) is 24.8 Å². The van der Waals surface area contributed by atoms with E-state index in [0.717, 1.165) is 12.0 Å². The van der Waals surface area contributed by atoms with Crippen LogP contribution in [-0.2, 0) is 0 Å². The monoisotopic (exact) mass is 471 g/mol. The molecule has 1 atom stereocenters. The molecule has 2 heterocycles. The number of phenolic OH excluding ortho intramolecular Hbond substituents is 1. The van der Waals surface area contributed by atoms with Gasteiger partial charge in [-0.25, -0.2) is 0 Å². The summed E-state index contributed by atoms with van der Waals surface area (Å²) in [5, 5.41) is 27.7. The SMILES string of the molecule is CCCOc1ccc(C2c3c(-c4cc(Cl)ccc4O)n[nH]c3C(=O)N2CCO)cc1OCC. The number of halogens is 1. The summed E-state index contributed by atoms with van der Waals surface area (Å²) in [6.07, 6.45) is 0.861. The number of amides is 1. The number of fused-ring (bicyclic) bond motifs is 1. The molecule has 1 aliphatic heterocycles. The number of H-pyrrole nitrogens is 1. The third-order valence-corrected chi connectivity index (χ3v) is 5.70. The Bertz CT molecular complexity index is 1160. The molecule has 0 spiro atoms. The number of aliphatic hydroxyl groups excluding tert-OH is 1. The average Bonchev–Trinajstić information content (AvgIpc) is 3.34. The van der Waals surface area contributed by atoms with E-state index >= 15 is 0 Å². The molecule has 0 saturated carbocycles. The van der Waals surface area contributed by atoms with Crippen molar-refractivity contribution in [2.24, 2.45) is 0 Å². The van der Waals surface area contributed by atoms with Gasteiger partial charge in [-0.2, -0.15) is 5.10 Å². The van der Waals surface area contributed by atoms with Crippen LogP contribution >= 0.6 is 11.6 Å². The molecule has 3 aromatic rings. The predicted octanol–water partition coefficient (Wildman–Crippen LogP) is 4.16. The number of ether oxygens (including phenoxy) is 2. The molecule has 1 unspecified atom stereocenters. The molecule has 0 bridgehead atoms. The van der Waals surface area contributed by atoms with Crippen molar-refractivity contribution in [1.29, 1.82) is 0 Å². The summed E-state index contributed by atoms with van der Waals surface area (Å²) < 4.78 is 11.6. The molecular weight excluding hydrogens is 446 g/mol. The Labute approximate surface area is 196 Å². The summed E-state index contributed by atoms with van der Waals surface area (Å²) in [5.41, 5.74) is 2.53. The van der Waals surface area contributed by atoms with Crippen molar-refractivity contribution in [2.45, 2.75) is 26.3 Å². The quantitative estimate of drug-likeness (QED) is 0.432. The summed E-state index contributed by atoms with van der Waals surface area (Å²) in [7, 11) is 0. The zero-order chi connectivity index (χ0) is 23.5. The van der Waals surface area contributed by atoms with Crippen LogP contribution in [0.4, 0.5) is 0 Å². The number of aromatic hydroxyl groups is 1. The predicted molar refractivity (Wildman–Crippen MR) is 124 cm³/mol. The van der Waals surface area contributed by atoms with E-state index in [9.17, 15) is 15.0 Å². The number of β-amino-alcohol motifs (C(OH)–C–C–N with tert-alkyl or cyclic N) is 1. The number of nitrogens with zero attached hydrogens (tertiary/aromatic N) is 2. The van der Waals surface area contributed by atoms with Crippen molar-refractivity contribution in [2.75, 3.05) is 26.4 Å². The fraction of sp³-hybridized carbons (Fsp3) is 0.333. The number of carbonyl (C=O) groups is 1. The van der Waals surface area contributed by atoms with Gasteiger partial charge in [0.1, 0.15) is 17.1 Å². The Hall–Kier alpha value is -3.23. The summed E-state index contributed by atoms with van der Waals surface area (Å²) in [5.74, 6) is 0.914. The van der Waals surface area contributed by atoms with Gasteiger partial charge in [-0.1, -0.05) is 24.6 Å². The van der Waals surface area contributed by atoms with Gasteiger partial charge in [-0.3, -0.25) is 9.89 Å². The van der Waals surface area contributed by atoms with Gasteiger partial charge in [0.25, 0.3) is 5.91 Å². The number of benzene rings is 2. The van der Waals surface area contributed by atoms with Crippen LogP contribution in [0.5, 0.6) is 17.2 Å². The van der Waals surface area contributed by atoms with E-state index in [1.807, 2.05) is 32.0 Å². The second kappa shape index (κ2) is 9.72. The topological polar surface area (TPSA) is 108 Å². The number of hydrogen-bond donors (Lipinski definition) is 3. The Balaban J connectivity index is 1.86. The third-order valence-electron chi connectivity index (χ3n) is 5.46. The Morgan fingerprint density at radius 3 is 2.70 bits per heavy atom. The molecule has 9 heteroatoms. The number of aliphatic hydroxyl groups is 1. The van der Waals surface area contributed by atoms with Crippen LogP contribution in [-0.4, -0.2) is 57.6 Å².